The zero-order valence-corrected chi connectivity index (χ0v) is 9.49. The highest BCUT2D eigenvalue weighted by molar-refractivity contribution is 4.78. The molecule has 1 aliphatic heterocycles. The third-order valence-corrected chi connectivity index (χ3v) is 2.69. The molecule has 14 heavy (non-hydrogen) atoms. The van der Waals surface area contributed by atoms with Crippen molar-refractivity contribution in [2.75, 3.05) is 6.54 Å². The number of ether oxygens (including phenoxy) is 1. The van der Waals surface area contributed by atoms with Crippen LogP contribution in [-0.2, 0) is 4.74 Å². The fourth-order valence-corrected chi connectivity index (χ4v) is 2.07. The maximum Gasteiger partial charge on any atom is 0.0565 e. The molecule has 1 fully saturated rings. The minimum Gasteiger partial charge on any atom is -0.393 e. The van der Waals surface area contributed by atoms with E-state index >= 15 is 0 Å². The molecule has 0 aromatic heterocycles. The van der Waals surface area contributed by atoms with Gasteiger partial charge in [0.1, 0.15) is 0 Å². The first kappa shape index (κ1) is 12.0. The van der Waals surface area contributed by atoms with Gasteiger partial charge in [-0.15, -0.1) is 0 Å². The monoisotopic (exact) mass is 201 g/mol. The Kier molecular flexibility index (Phi) is 4.85. The van der Waals surface area contributed by atoms with Crippen molar-refractivity contribution in [1.82, 2.24) is 5.32 Å². The Morgan fingerprint density at radius 3 is 2.43 bits per heavy atom. The normalized spacial score (nSPS) is 35.6. The van der Waals surface area contributed by atoms with Crippen LogP contribution >= 0.6 is 0 Å². The summed E-state index contributed by atoms with van der Waals surface area (Å²) in [4.78, 5) is 0. The van der Waals surface area contributed by atoms with Crippen LogP contribution in [0.15, 0.2) is 0 Å². The van der Waals surface area contributed by atoms with Gasteiger partial charge in [-0.1, -0.05) is 0 Å². The van der Waals surface area contributed by atoms with Crippen LogP contribution in [0.1, 0.15) is 40.0 Å². The number of rotatable bonds is 4. The summed E-state index contributed by atoms with van der Waals surface area (Å²) in [6.45, 7) is 6.98. The number of hydrogen-bond acceptors (Lipinski definition) is 3. The van der Waals surface area contributed by atoms with Gasteiger partial charge in [0.15, 0.2) is 0 Å². The smallest absolute Gasteiger partial charge is 0.0565 e. The fourth-order valence-electron chi connectivity index (χ4n) is 2.07. The predicted octanol–water partition coefficient (Wildman–Crippen LogP) is 1.30. The predicted molar refractivity (Wildman–Crippen MR) is 57.3 cm³/mol. The number of aliphatic hydroxyl groups is 1. The Morgan fingerprint density at radius 2 is 1.93 bits per heavy atom. The maximum atomic E-state index is 9.12. The Morgan fingerprint density at radius 1 is 1.36 bits per heavy atom. The van der Waals surface area contributed by atoms with E-state index in [1.807, 2.05) is 6.92 Å². The summed E-state index contributed by atoms with van der Waals surface area (Å²) < 4.78 is 5.65. The van der Waals surface area contributed by atoms with Gasteiger partial charge >= 0.3 is 0 Å². The lowest BCUT2D eigenvalue weighted by Gasteiger charge is -2.32. The molecule has 1 unspecified atom stereocenters. The largest absolute Gasteiger partial charge is 0.393 e. The summed E-state index contributed by atoms with van der Waals surface area (Å²) in [5.74, 6) is 0. The van der Waals surface area contributed by atoms with E-state index in [4.69, 9.17) is 9.84 Å². The van der Waals surface area contributed by atoms with E-state index in [0.29, 0.717) is 18.2 Å². The van der Waals surface area contributed by atoms with Gasteiger partial charge in [0.05, 0.1) is 18.3 Å². The molecule has 0 radical (unpaired) electrons. The lowest BCUT2D eigenvalue weighted by Crippen LogP contribution is -2.42. The zero-order chi connectivity index (χ0) is 10.6. The molecule has 4 atom stereocenters. The van der Waals surface area contributed by atoms with E-state index < -0.39 is 0 Å². The molecule has 1 heterocycles. The molecule has 3 nitrogen and oxygen atoms in total. The van der Waals surface area contributed by atoms with E-state index in [1.165, 1.54) is 0 Å². The highest BCUT2D eigenvalue weighted by Crippen LogP contribution is 2.18. The zero-order valence-electron chi connectivity index (χ0n) is 9.49. The molecule has 1 saturated heterocycles. The van der Waals surface area contributed by atoms with Crippen LogP contribution in [0, 0.1) is 0 Å². The third-order valence-electron chi connectivity index (χ3n) is 2.69. The molecule has 0 bridgehead atoms. The molecule has 0 spiro atoms. The van der Waals surface area contributed by atoms with Gasteiger partial charge in [0.25, 0.3) is 0 Å². The molecular weight excluding hydrogens is 178 g/mol. The van der Waals surface area contributed by atoms with E-state index in [-0.39, 0.29) is 6.10 Å². The third kappa shape index (κ3) is 4.40. The minimum absolute atomic E-state index is 0.197. The van der Waals surface area contributed by atoms with Gasteiger partial charge in [-0.3, -0.25) is 0 Å². The molecule has 0 aromatic carbocycles. The SMILES string of the molecule is C[C@@H]1CC(NCC[C@@H](C)O)C[C@H](C)O1. The molecule has 0 saturated carbocycles. The molecule has 0 aromatic rings. The molecule has 84 valence electrons. The van der Waals surface area contributed by atoms with Crippen LogP contribution < -0.4 is 5.32 Å². The van der Waals surface area contributed by atoms with Crippen molar-refractivity contribution >= 4 is 0 Å². The van der Waals surface area contributed by atoms with Crippen LogP contribution in [0.3, 0.4) is 0 Å². The van der Waals surface area contributed by atoms with Crippen LogP contribution in [0.4, 0.5) is 0 Å². The minimum atomic E-state index is -0.197. The highest BCUT2D eigenvalue weighted by Gasteiger charge is 2.23. The standard InChI is InChI=1S/C11H23NO2/c1-8(13)4-5-12-11-6-9(2)14-10(3)7-11/h8-13H,4-7H2,1-3H3/t8-,9-,10+,11?/m1/s1. The van der Waals surface area contributed by atoms with Crippen molar-refractivity contribution in [2.45, 2.75) is 64.4 Å². The van der Waals surface area contributed by atoms with Crippen LogP contribution in [0.5, 0.6) is 0 Å². The maximum absolute atomic E-state index is 9.12. The van der Waals surface area contributed by atoms with Gasteiger partial charge in [-0.05, 0) is 46.6 Å². The molecule has 1 aliphatic rings. The molecule has 0 aliphatic carbocycles. The van der Waals surface area contributed by atoms with Crippen LogP contribution in [-0.4, -0.2) is 36.0 Å². The fraction of sp³-hybridized carbons (Fsp3) is 1.00. The van der Waals surface area contributed by atoms with E-state index in [0.717, 1.165) is 25.8 Å². The highest BCUT2D eigenvalue weighted by atomic mass is 16.5. The summed E-state index contributed by atoms with van der Waals surface area (Å²) in [5.41, 5.74) is 0. The van der Waals surface area contributed by atoms with E-state index in [2.05, 4.69) is 19.2 Å². The van der Waals surface area contributed by atoms with E-state index in [9.17, 15) is 0 Å². The van der Waals surface area contributed by atoms with Crippen LogP contribution in [0.2, 0.25) is 0 Å². The van der Waals surface area contributed by atoms with Crippen molar-refractivity contribution < 1.29 is 9.84 Å². The number of hydrogen-bond donors (Lipinski definition) is 2. The quantitative estimate of drug-likeness (QED) is 0.720. The summed E-state index contributed by atoms with van der Waals surface area (Å²) in [7, 11) is 0. The Labute approximate surface area is 86.8 Å². The topological polar surface area (TPSA) is 41.5 Å². The van der Waals surface area contributed by atoms with Gasteiger partial charge in [-0.2, -0.15) is 0 Å². The van der Waals surface area contributed by atoms with Gasteiger partial charge in [0.2, 0.25) is 0 Å². The summed E-state index contributed by atoms with van der Waals surface area (Å²) in [6.07, 6.45) is 3.54. The van der Waals surface area contributed by atoms with Crippen molar-refractivity contribution in [3.63, 3.8) is 0 Å². The molecular formula is C11H23NO2. The second-order valence-electron chi connectivity index (χ2n) is 4.52. The van der Waals surface area contributed by atoms with Gasteiger partial charge in [0, 0.05) is 6.04 Å². The van der Waals surface area contributed by atoms with Crippen molar-refractivity contribution in [1.29, 1.82) is 0 Å². The number of nitrogens with one attached hydrogen (secondary N) is 1. The summed E-state index contributed by atoms with van der Waals surface area (Å²) >= 11 is 0. The van der Waals surface area contributed by atoms with Crippen molar-refractivity contribution in [3.05, 3.63) is 0 Å². The average molecular weight is 201 g/mol. The first-order valence-corrected chi connectivity index (χ1v) is 5.65. The Balaban J connectivity index is 2.17. The summed E-state index contributed by atoms with van der Waals surface area (Å²) in [6, 6.07) is 0.562. The summed E-state index contributed by atoms with van der Waals surface area (Å²) in [5, 5.41) is 12.6. The lowest BCUT2D eigenvalue weighted by molar-refractivity contribution is -0.0422. The van der Waals surface area contributed by atoms with Gasteiger partial charge in [-0.25, -0.2) is 0 Å². The first-order valence-electron chi connectivity index (χ1n) is 5.65. The lowest BCUT2D eigenvalue weighted by atomic mass is 10.00. The van der Waals surface area contributed by atoms with Crippen molar-refractivity contribution in [2.24, 2.45) is 0 Å². The molecule has 0 amide bonds. The van der Waals surface area contributed by atoms with Gasteiger partial charge < -0.3 is 15.2 Å². The first-order chi connectivity index (χ1) is 6.58. The van der Waals surface area contributed by atoms with Crippen molar-refractivity contribution in [3.8, 4) is 0 Å². The second-order valence-corrected chi connectivity index (χ2v) is 4.52. The molecule has 3 heteroatoms. The second kappa shape index (κ2) is 5.69. The molecule has 1 rings (SSSR count). The number of aliphatic hydroxyl groups excluding tert-OH is 1. The average Bonchev–Trinajstić information content (AvgIpc) is 2.01. The van der Waals surface area contributed by atoms with E-state index in [1.54, 1.807) is 0 Å². The van der Waals surface area contributed by atoms with Crippen LogP contribution in [0.25, 0.3) is 0 Å². The molecule has 2 N–H and O–H groups in total. The Bertz CT molecular complexity index is 151. The Hall–Kier alpha value is -0.120.